The zero-order chi connectivity index (χ0) is 13.6. The molecule has 0 saturated carbocycles. The first-order valence-electron chi connectivity index (χ1n) is 7.07. The van der Waals surface area contributed by atoms with Gasteiger partial charge >= 0.3 is 0 Å². The zero-order valence-electron chi connectivity index (χ0n) is 12.3. The lowest BCUT2D eigenvalue weighted by atomic mass is 9.81. The first-order valence-corrected chi connectivity index (χ1v) is 7.07. The minimum absolute atomic E-state index is 0.0424. The second kappa shape index (κ2) is 6.91. The smallest absolute Gasteiger partial charge is 0.0174 e. The first-order chi connectivity index (χ1) is 8.57. The number of benzene rings is 1. The SMILES string of the molecule is CCC(C)N(CC)CC(C)(CN)c1ccccc1. The van der Waals surface area contributed by atoms with E-state index in [-0.39, 0.29) is 5.41 Å². The molecule has 1 rings (SSSR count). The molecule has 1 aromatic carbocycles. The number of hydrogen-bond donors (Lipinski definition) is 1. The molecule has 0 fully saturated rings. The summed E-state index contributed by atoms with van der Waals surface area (Å²) in [6.07, 6.45) is 1.18. The van der Waals surface area contributed by atoms with Gasteiger partial charge < -0.3 is 10.6 Å². The van der Waals surface area contributed by atoms with Crippen LogP contribution in [0.5, 0.6) is 0 Å². The summed E-state index contributed by atoms with van der Waals surface area (Å²) in [5, 5.41) is 0. The summed E-state index contributed by atoms with van der Waals surface area (Å²) < 4.78 is 0. The van der Waals surface area contributed by atoms with Gasteiger partial charge in [0.1, 0.15) is 0 Å². The lowest BCUT2D eigenvalue weighted by Crippen LogP contribution is -2.46. The van der Waals surface area contributed by atoms with Crippen LogP contribution in [0.25, 0.3) is 0 Å². The van der Waals surface area contributed by atoms with Gasteiger partial charge in [0.25, 0.3) is 0 Å². The quantitative estimate of drug-likeness (QED) is 0.803. The Bertz CT molecular complexity index is 336. The second-order valence-corrected chi connectivity index (χ2v) is 5.45. The molecule has 18 heavy (non-hydrogen) atoms. The van der Waals surface area contributed by atoms with Crippen LogP contribution in [0.4, 0.5) is 0 Å². The van der Waals surface area contributed by atoms with Crippen molar-refractivity contribution >= 4 is 0 Å². The number of nitrogens with two attached hydrogens (primary N) is 1. The standard InChI is InChI=1S/C16H28N2/c1-5-14(3)18(6-2)13-16(4,12-17)15-10-8-7-9-11-15/h7-11,14H,5-6,12-13,17H2,1-4H3. The third-order valence-electron chi connectivity index (χ3n) is 4.09. The van der Waals surface area contributed by atoms with E-state index in [0.29, 0.717) is 12.6 Å². The Morgan fingerprint density at radius 3 is 2.28 bits per heavy atom. The molecule has 2 nitrogen and oxygen atoms in total. The van der Waals surface area contributed by atoms with Crippen molar-refractivity contribution in [2.45, 2.75) is 45.6 Å². The van der Waals surface area contributed by atoms with Gasteiger partial charge in [-0.05, 0) is 25.5 Å². The Labute approximate surface area is 112 Å². The Morgan fingerprint density at radius 2 is 1.83 bits per heavy atom. The molecule has 0 aliphatic heterocycles. The van der Waals surface area contributed by atoms with E-state index in [1.54, 1.807) is 0 Å². The van der Waals surface area contributed by atoms with Crippen molar-refractivity contribution in [2.75, 3.05) is 19.6 Å². The molecule has 0 aliphatic rings. The molecule has 0 spiro atoms. The lowest BCUT2D eigenvalue weighted by molar-refractivity contribution is 0.171. The van der Waals surface area contributed by atoms with Crippen LogP contribution in [0, 0.1) is 0 Å². The molecule has 2 unspecified atom stereocenters. The van der Waals surface area contributed by atoms with E-state index in [4.69, 9.17) is 5.73 Å². The normalized spacial score (nSPS) is 16.6. The molecule has 102 valence electrons. The maximum Gasteiger partial charge on any atom is 0.0174 e. The molecule has 1 aromatic rings. The molecule has 0 aromatic heterocycles. The van der Waals surface area contributed by atoms with Gasteiger partial charge in [0.05, 0.1) is 0 Å². The van der Waals surface area contributed by atoms with Crippen LogP contribution in [0.1, 0.15) is 39.7 Å². The zero-order valence-corrected chi connectivity index (χ0v) is 12.3. The molecule has 2 heteroatoms. The minimum Gasteiger partial charge on any atom is -0.330 e. The van der Waals surface area contributed by atoms with Gasteiger partial charge in [0.15, 0.2) is 0 Å². The summed E-state index contributed by atoms with van der Waals surface area (Å²) >= 11 is 0. The fourth-order valence-corrected chi connectivity index (χ4v) is 2.40. The third kappa shape index (κ3) is 3.56. The molecule has 0 aliphatic carbocycles. The highest BCUT2D eigenvalue weighted by molar-refractivity contribution is 5.25. The third-order valence-corrected chi connectivity index (χ3v) is 4.09. The molecule has 2 N–H and O–H groups in total. The highest BCUT2D eigenvalue weighted by atomic mass is 15.2. The van der Waals surface area contributed by atoms with Crippen molar-refractivity contribution < 1.29 is 0 Å². The number of nitrogens with zero attached hydrogens (tertiary/aromatic N) is 1. The van der Waals surface area contributed by atoms with E-state index in [1.807, 2.05) is 0 Å². The molecule has 0 heterocycles. The minimum atomic E-state index is 0.0424. The molecule has 0 amide bonds. The maximum absolute atomic E-state index is 6.06. The van der Waals surface area contributed by atoms with Gasteiger partial charge in [-0.1, -0.05) is 51.1 Å². The second-order valence-electron chi connectivity index (χ2n) is 5.45. The molecule has 0 radical (unpaired) electrons. The van der Waals surface area contributed by atoms with Crippen LogP contribution in [0.15, 0.2) is 30.3 Å². The first kappa shape index (κ1) is 15.2. The predicted molar refractivity (Wildman–Crippen MR) is 79.8 cm³/mol. The van der Waals surface area contributed by atoms with Crippen LogP contribution in [-0.2, 0) is 5.41 Å². The van der Waals surface area contributed by atoms with Crippen molar-refractivity contribution in [3.63, 3.8) is 0 Å². The summed E-state index contributed by atoms with van der Waals surface area (Å²) in [6.45, 7) is 11.8. The van der Waals surface area contributed by atoms with Gasteiger partial charge in [-0.15, -0.1) is 0 Å². The van der Waals surface area contributed by atoms with Crippen molar-refractivity contribution in [2.24, 2.45) is 5.73 Å². The average molecular weight is 248 g/mol. The number of likely N-dealkylation sites (N-methyl/N-ethyl adjacent to an activating group) is 1. The van der Waals surface area contributed by atoms with Crippen LogP contribution in [-0.4, -0.2) is 30.6 Å². The Hall–Kier alpha value is -0.860. The topological polar surface area (TPSA) is 29.3 Å². The van der Waals surface area contributed by atoms with Crippen LogP contribution < -0.4 is 5.73 Å². The summed E-state index contributed by atoms with van der Waals surface area (Å²) in [7, 11) is 0. The van der Waals surface area contributed by atoms with E-state index in [2.05, 4.69) is 62.9 Å². The van der Waals surface area contributed by atoms with Crippen LogP contribution >= 0.6 is 0 Å². The Kier molecular flexibility index (Phi) is 5.83. The van der Waals surface area contributed by atoms with Crippen LogP contribution in [0.3, 0.4) is 0 Å². The van der Waals surface area contributed by atoms with E-state index in [9.17, 15) is 0 Å². The van der Waals surface area contributed by atoms with E-state index in [1.165, 1.54) is 12.0 Å². The van der Waals surface area contributed by atoms with E-state index in [0.717, 1.165) is 13.1 Å². The Morgan fingerprint density at radius 1 is 1.22 bits per heavy atom. The summed E-state index contributed by atoms with van der Waals surface area (Å²) in [5.41, 5.74) is 7.44. The van der Waals surface area contributed by atoms with Crippen molar-refractivity contribution in [3.8, 4) is 0 Å². The average Bonchev–Trinajstić information content (AvgIpc) is 2.44. The van der Waals surface area contributed by atoms with E-state index < -0.39 is 0 Å². The number of hydrogen-bond acceptors (Lipinski definition) is 2. The fourth-order valence-electron chi connectivity index (χ4n) is 2.40. The largest absolute Gasteiger partial charge is 0.330 e. The van der Waals surface area contributed by atoms with Crippen molar-refractivity contribution in [1.29, 1.82) is 0 Å². The molecular formula is C16H28N2. The summed E-state index contributed by atoms with van der Waals surface area (Å²) in [5.74, 6) is 0. The molecule has 2 atom stereocenters. The molecule has 0 saturated heterocycles. The van der Waals surface area contributed by atoms with Gasteiger partial charge in [0.2, 0.25) is 0 Å². The molecule has 0 bridgehead atoms. The Balaban J connectivity index is 2.88. The van der Waals surface area contributed by atoms with Gasteiger partial charge in [-0.25, -0.2) is 0 Å². The highest BCUT2D eigenvalue weighted by Crippen LogP contribution is 2.24. The summed E-state index contributed by atoms with van der Waals surface area (Å²) in [4.78, 5) is 2.53. The van der Waals surface area contributed by atoms with E-state index >= 15 is 0 Å². The lowest BCUT2D eigenvalue weighted by Gasteiger charge is -2.37. The van der Waals surface area contributed by atoms with Gasteiger partial charge in [-0.2, -0.15) is 0 Å². The summed E-state index contributed by atoms with van der Waals surface area (Å²) in [6, 6.07) is 11.3. The van der Waals surface area contributed by atoms with Crippen LogP contribution in [0.2, 0.25) is 0 Å². The van der Waals surface area contributed by atoms with Crippen molar-refractivity contribution in [3.05, 3.63) is 35.9 Å². The monoisotopic (exact) mass is 248 g/mol. The predicted octanol–water partition coefficient (Wildman–Crippen LogP) is 3.02. The number of rotatable bonds is 7. The highest BCUT2D eigenvalue weighted by Gasteiger charge is 2.28. The molecular weight excluding hydrogens is 220 g/mol. The van der Waals surface area contributed by atoms with Crippen molar-refractivity contribution in [1.82, 2.24) is 4.90 Å². The van der Waals surface area contributed by atoms with Gasteiger partial charge in [0, 0.05) is 24.5 Å². The van der Waals surface area contributed by atoms with Gasteiger partial charge in [-0.3, -0.25) is 0 Å². The fraction of sp³-hybridized carbons (Fsp3) is 0.625. The maximum atomic E-state index is 6.06.